The summed E-state index contributed by atoms with van der Waals surface area (Å²) in [5.74, 6) is -1.88. The third-order valence-electron chi connectivity index (χ3n) is 5.81. The molecule has 1 amide bonds. The Morgan fingerprint density at radius 1 is 1.06 bits per heavy atom. The second-order valence-corrected chi connectivity index (χ2v) is 10.1. The van der Waals surface area contributed by atoms with Crippen LogP contribution in [-0.4, -0.2) is 36.2 Å². The fourth-order valence-corrected chi connectivity index (χ4v) is 5.59. The molecule has 190 valence electrons. The number of carbonyl (C=O) groups is 1. The Balaban J connectivity index is 1.48. The summed E-state index contributed by atoms with van der Waals surface area (Å²) < 4.78 is 92.9. The Labute approximate surface area is 203 Å². The Kier molecular flexibility index (Phi) is 7.10. The minimum Gasteiger partial charge on any atom is -0.351 e. The van der Waals surface area contributed by atoms with Crippen LogP contribution in [0.15, 0.2) is 65.7 Å². The first-order valence-corrected chi connectivity index (χ1v) is 12.3. The van der Waals surface area contributed by atoms with E-state index >= 15 is 0 Å². The molecule has 36 heavy (non-hydrogen) atoms. The van der Waals surface area contributed by atoms with Crippen molar-refractivity contribution in [1.29, 1.82) is 0 Å². The molecule has 12 heteroatoms. The first kappa shape index (κ1) is 25.7. The average Bonchev–Trinajstić information content (AvgIpc) is 3.34. The molecular weight excluding hydrogens is 505 g/mol. The number of benzene rings is 2. The molecule has 0 aliphatic carbocycles. The summed E-state index contributed by atoms with van der Waals surface area (Å²) in [5, 5.41) is 2.54. The van der Waals surface area contributed by atoms with Crippen LogP contribution in [0.2, 0.25) is 0 Å². The van der Waals surface area contributed by atoms with Crippen LogP contribution in [0, 0.1) is 11.6 Å². The van der Waals surface area contributed by atoms with Gasteiger partial charge in [-0.15, -0.1) is 0 Å². The molecule has 4 rings (SSSR count). The van der Waals surface area contributed by atoms with Crippen molar-refractivity contribution in [2.75, 3.05) is 6.54 Å². The van der Waals surface area contributed by atoms with E-state index in [-0.39, 0.29) is 35.7 Å². The molecule has 1 aliphatic heterocycles. The number of hydrogen-bond donors (Lipinski definition) is 1. The number of carbonyl (C=O) groups excluding carboxylic acids is 1. The van der Waals surface area contributed by atoms with Crippen molar-refractivity contribution in [3.63, 3.8) is 0 Å². The zero-order valence-electron chi connectivity index (χ0n) is 18.6. The van der Waals surface area contributed by atoms with Crippen LogP contribution in [-0.2, 0) is 27.5 Å². The van der Waals surface area contributed by atoms with Crippen LogP contribution in [0.3, 0.4) is 0 Å². The fraction of sp³-hybridized carbons (Fsp3) is 0.250. The zero-order chi connectivity index (χ0) is 26.1. The Hall–Kier alpha value is -3.38. The van der Waals surface area contributed by atoms with Gasteiger partial charge in [0.05, 0.1) is 16.2 Å². The predicted octanol–water partition coefficient (Wildman–Crippen LogP) is 4.52. The Morgan fingerprint density at radius 3 is 2.42 bits per heavy atom. The van der Waals surface area contributed by atoms with E-state index in [1.165, 1.54) is 12.1 Å². The largest absolute Gasteiger partial charge is 0.417 e. The van der Waals surface area contributed by atoms with Crippen molar-refractivity contribution in [2.24, 2.45) is 0 Å². The molecule has 1 N–H and O–H groups in total. The summed E-state index contributed by atoms with van der Waals surface area (Å²) in [7, 11) is -4.05. The average molecular weight is 525 g/mol. The van der Waals surface area contributed by atoms with Crippen molar-refractivity contribution < 1.29 is 35.2 Å². The van der Waals surface area contributed by atoms with Crippen LogP contribution < -0.4 is 5.32 Å². The van der Waals surface area contributed by atoms with Gasteiger partial charge in [0.2, 0.25) is 15.9 Å². The minimum absolute atomic E-state index is 0.0495. The van der Waals surface area contributed by atoms with E-state index in [0.29, 0.717) is 18.2 Å². The van der Waals surface area contributed by atoms with E-state index in [4.69, 9.17) is 0 Å². The number of hydrogen-bond acceptors (Lipinski definition) is 4. The number of nitrogens with one attached hydrogen (secondary N) is 1. The number of pyridine rings is 1. The van der Waals surface area contributed by atoms with Gasteiger partial charge in [0.25, 0.3) is 0 Å². The number of halogens is 5. The molecular formula is C24H20F5N3O3S. The maximum absolute atomic E-state index is 14.4. The lowest BCUT2D eigenvalue weighted by atomic mass is 10.1. The SMILES string of the molecule is O=C(NCc1cc(-c2ccc(C(F)(F)F)cn2)ccc1F)C1CCCN1S(=O)(=O)c1ccc(F)cc1. The highest BCUT2D eigenvalue weighted by molar-refractivity contribution is 7.89. The third-order valence-corrected chi connectivity index (χ3v) is 7.73. The molecule has 1 aromatic heterocycles. The van der Waals surface area contributed by atoms with Crippen molar-refractivity contribution in [3.8, 4) is 11.3 Å². The molecule has 1 unspecified atom stereocenters. The highest BCUT2D eigenvalue weighted by Gasteiger charge is 2.39. The molecule has 0 spiro atoms. The standard InChI is InChI=1S/C24H20F5N3O3S/c25-18-5-7-19(8-6-18)36(34,35)32-11-1-2-22(32)23(33)31-13-16-12-15(3-9-20(16)26)21-10-4-17(14-30-21)24(27,28)29/h3-10,12,14,22H,1-2,11,13H2,(H,31,33). The maximum atomic E-state index is 14.4. The van der Waals surface area contributed by atoms with Crippen LogP contribution in [0.4, 0.5) is 22.0 Å². The van der Waals surface area contributed by atoms with Crippen molar-refractivity contribution in [2.45, 2.75) is 36.5 Å². The molecule has 1 saturated heterocycles. The number of nitrogens with zero attached hydrogens (tertiary/aromatic N) is 2. The summed E-state index contributed by atoms with van der Waals surface area (Å²) >= 11 is 0. The predicted molar refractivity (Wildman–Crippen MR) is 120 cm³/mol. The van der Waals surface area contributed by atoms with Gasteiger partial charge in [-0.2, -0.15) is 17.5 Å². The Morgan fingerprint density at radius 2 is 1.78 bits per heavy atom. The highest BCUT2D eigenvalue weighted by atomic mass is 32.2. The number of amides is 1. The first-order valence-electron chi connectivity index (χ1n) is 10.8. The summed E-state index contributed by atoms with van der Waals surface area (Å²) in [6.07, 6.45) is -3.18. The van der Waals surface area contributed by atoms with Crippen LogP contribution in [0.5, 0.6) is 0 Å². The third kappa shape index (κ3) is 5.39. The summed E-state index contributed by atoms with van der Waals surface area (Å²) in [4.78, 5) is 16.5. The summed E-state index contributed by atoms with van der Waals surface area (Å²) in [6, 6.07) is 9.08. The lowest BCUT2D eigenvalue weighted by Gasteiger charge is -2.23. The van der Waals surface area contributed by atoms with E-state index in [9.17, 15) is 35.2 Å². The van der Waals surface area contributed by atoms with Gasteiger partial charge in [0.1, 0.15) is 17.7 Å². The second-order valence-electron chi connectivity index (χ2n) is 8.18. The van der Waals surface area contributed by atoms with Gasteiger partial charge in [0.15, 0.2) is 0 Å². The van der Waals surface area contributed by atoms with Crippen molar-refractivity contribution in [1.82, 2.24) is 14.6 Å². The van der Waals surface area contributed by atoms with Crippen LogP contribution >= 0.6 is 0 Å². The smallest absolute Gasteiger partial charge is 0.351 e. The minimum atomic E-state index is -4.54. The monoisotopic (exact) mass is 525 g/mol. The van der Waals surface area contributed by atoms with E-state index in [0.717, 1.165) is 46.8 Å². The molecule has 2 heterocycles. The molecule has 1 atom stereocenters. The number of sulfonamides is 1. The van der Waals surface area contributed by atoms with Gasteiger partial charge in [-0.1, -0.05) is 0 Å². The highest BCUT2D eigenvalue weighted by Crippen LogP contribution is 2.30. The number of alkyl halides is 3. The van der Waals surface area contributed by atoms with E-state index in [1.54, 1.807) is 0 Å². The molecule has 3 aromatic rings. The molecule has 0 saturated carbocycles. The zero-order valence-corrected chi connectivity index (χ0v) is 19.4. The summed E-state index contributed by atoms with van der Waals surface area (Å²) in [5.41, 5.74) is -0.343. The topological polar surface area (TPSA) is 79.4 Å². The van der Waals surface area contributed by atoms with E-state index in [1.807, 2.05) is 0 Å². The van der Waals surface area contributed by atoms with Gasteiger partial charge < -0.3 is 5.32 Å². The van der Waals surface area contributed by atoms with Gasteiger partial charge in [-0.25, -0.2) is 17.2 Å². The maximum Gasteiger partial charge on any atom is 0.417 e. The normalized spacial score (nSPS) is 16.8. The lowest BCUT2D eigenvalue weighted by Crippen LogP contribution is -2.45. The molecule has 0 bridgehead atoms. The van der Waals surface area contributed by atoms with Gasteiger partial charge in [-0.3, -0.25) is 9.78 Å². The van der Waals surface area contributed by atoms with Crippen molar-refractivity contribution >= 4 is 15.9 Å². The first-order chi connectivity index (χ1) is 17.0. The van der Waals surface area contributed by atoms with E-state index < -0.39 is 45.3 Å². The van der Waals surface area contributed by atoms with Crippen LogP contribution in [0.1, 0.15) is 24.0 Å². The quantitative estimate of drug-likeness (QED) is 0.481. The number of aromatic nitrogens is 1. The van der Waals surface area contributed by atoms with E-state index in [2.05, 4.69) is 10.3 Å². The van der Waals surface area contributed by atoms with Crippen molar-refractivity contribution in [3.05, 3.63) is 83.6 Å². The molecule has 0 radical (unpaired) electrons. The molecule has 1 aliphatic rings. The van der Waals surface area contributed by atoms with Gasteiger partial charge in [-0.05, 0) is 67.4 Å². The fourth-order valence-electron chi connectivity index (χ4n) is 3.93. The van der Waals surface area contributed by atoms with Gasteiger partial charge >= 0.3 is 6.18 Å². The molecule has 1 fully saturated rings. The van der Waals surface area contributed by atoms with Gasteiger partial charge in [0, 0.05) is 30.4 Å². The molecule has 6 nitrogen and oxygen atoms in total. The molecule has 2 aromatic carbocycles. The number of rotatable bonds is 6. The second kappa shape index (κ2) is 9.94. The van der Waals surface area contributed by atoms with Crippen LogP contribution in [0.25, 0.3) is 11.3 Å². The Bertz CT molecular complexity index is 1360. The summed E-state index contributed by atoms with van der Waals surface area (Å²) in [6.45, 7) is -0.179. The lowest BCUT2D eigenvalue weighted by molar-refractivity contribution is -0.137.